The lowest BCUT2D eigenvalue weighted by atomic mass is 10.4. The highest BCUT2D eigenvalue weighted by atomic mass is 32.2. The Morgan fingerprint density at radius 1 is 1.21 bits per heavy atom. The van der Waals surface area contributed by atoms with Gasteiger partial charge in [-0.2, -0.15) is 0 Å². The number of hydrogen-bond donors (Lipinski definition) is 2. The summed E-state index contributed by atoms with van der Waals surface area (Å²) in [4.78, 5) is 16.1. The van der Waals surface area contributed by atoms with Gasteiger partial charge in [0.2, 0.25) is 10.0 Å². The average Bonchev–Trinajstić information content (AvgIpc) is 2.42. The molecule has 0 saturated heterocycles. The third-order valence-corrected chi connectivity index (χ3v) is 3.47. The zero-order valence-corrected chi connectivity index (χ0v) is 11.3. The first-order chi connectivity index (χ1) is 9.06. The minimum absolute atomic E-state index is 0.100. The standard InChI is InChI=1S/C11H16N2O5S/c1-17-7-8-18-13-11(14)9-12-19(15,16)10-5-3-2-4-6-10/h2-6,12H,7-9H2,1H3,(H,13,14). The summed E-state index contributed by atoms with van der Waals surface area (Å²) in [7, 11) is -2.18. The average molecular weight is 288 g/mol. The van der Waals surface area contributed by atoms with Gasteiger partial charge in [0.05, 0.1) is 24.7 Å². The van der Waals surface area contributed by atoms with Gasteiger partial charge in [-0.15, -0.1) is 0 Å². The second-order valence-electron chi connectivity index (χ2n) is 3.50. The first-order valence-electron chi connectivity index (χ1n) is 5.50. The van der Waals surface area contributed by atoms with E-state index in [-0.39, 0.29) is 11.5 Å². The second kappa shape index (κ2) is 7.85. The Hall–Kier alpha value is -1.48. The fraction of sp³-hybridized carbons (Fsp3) is 0.364. The van der Waals surface area contributed by atoms with Crippen LogP contribution in [0.2, 0.25) is 0 Å². The van der Waals surface area contributed by atoms with Gasteiger partial charge in [-0.3, -0.25) is 9.63 Å². The van der Waals surface area contributed by atoms with E-state index in [0.29, 0.717) is 6.61 Å². The Kier molecular flexibility index (Phi) is 6.43. The van der Waals surface area contributed by atoms with Crippen molar-refractivity contribution in [3.05, 3.63) is 30.3 Å². The van der Waals surface area contributed by atoms with Crippen LogP contribution in [0.15, 0.2) is 35.2 Å². The normalized spacial score (nSPS) is 11.2. The van der Waals surface area contributed by atoms with Crippen LogP contribution in [0, 0.1) is 0 Å². The highest BCUT2D eigenvalue weighted by molar-refractivity contribution is 7.89. The van der Waals surface area contributed by atoms with Gasteiger partial charge in [0.1, 0.15) is 0 Å². The Morgan fingerprint density at radius 3 is 2.53 bits per heavy atom. The lowest BCUT2D eigenvalue weighted by Gasteiger charge is -2.07. The molecule has 19 heavy (non-hydrogen) atoms. The van der Waals surface area contributed by atoms with E-state index in [1.54, 1.807) is 18.2 Å². The molecule has 7 nitrogen and oxygen atoms in total. The van der Waals surface area contributed by atoms with Crippen molar-refractivity contribution in [2.75, 3.05) is 26.9 Å². The number of hydrogen-bond acceptors (Lipinski definition) is 5. The molecule has 8 heteroatoms. The molecule has 1 amide bonds. The van der Waals surface area contributed by atoms with E-state index in [1.807, 2.05) is 0 Å². The highest BCUT2D eigenvalue weighted by Gasteiger charge is 2.14. The van der Waals surface area contributed by atoms with Crippen molar-refractivity contribution in [3.63, 3.8) is 0 Å². The number of nitrogens with one attached hydrogen (secondary N) is 2. The number of sulfonamides is 1. The quantitative estimate of drug-likeness (QED) is 0.504. The van der Waals surface area contributed by atoms with Crippen molar-refractivity contribution >= 4 is 15.9 Å². The number of methoxy groups -OCH3 is 1. The van der Waals surface area contributed by atoms with E-state index in [0.717, 1.165) is 0 Å². The minimum atomic E-state index is -3.68. The van der Waals surface area contributed by atoms with Crippen LogP contribution in [0.3, 0.4) is 0 Å². The van der Waals surface area contributed by atoms with Gasteiger partial charge in [-0.05, 0) is 12.1 Å². The molecular weight excluding hydrogens is 272 g/mol. The molecule has 0 saturated carbocycles. The van der Waals surface area contributed by atoms with E-state index in [1.165, 1.54) is 19.2 Å². The van der Waals surface area contributed by atoms with Crippen molar-refractivity contribution in [2.24, 2.45) is 0 Å². The Morgan fingerprint density at radius 2 is 1.89 bits per heavy atom. The zero-order valence-electron chi connectivity index (χ0n) is 10.5. The van der Waals surface area contributed by atoms with Crippen LogP contribution < -0.4 is 10.2 Å². The third-order valence-electron chi connectivity index (χ3n) is 2.05. The molecule has 0 radical (unpaired) electrons. The van der Waals surface area contributed by atoms with Crippen LogP contribution in [0.1, 0.15) is 0 Å². The molecule has 0 unspecified atom stereocenters. The predicted molar refractivity (Wildman–Crippen MR) is 67.6 cm³/mol. The topological polar surface area (TPSA) is 93.7 Å². The number of carbonyl (C=O) groups is 1. The lowest BCUT2D eigenvalue weighted by molar-refractivity contribution is -0.133. The molecule has 0 aliphatic carbocycles. The summed E-state index contributed by atoms with van der Waals surface area (Å²) in [6, 6.07) is 7.78. The maximum Gasteiger partial charge on any atom is 0.258 e. The number of benzene rings is 1. The molecule has 1 aromatic rings. The maximum atomic E-state index is 11.8. The Bertz CT molecular complexity index is 489. The number of amides is 1. The summed E-state index contributed by atoms with van der Waals surface area (Å²) in [5, 5.41) is 0. The summed E-state index contributed by atoms with van der Waals surface area (Å²) in [5.41, 5.74) is 2.10. The molecule has 1 rings (SSSR count). The summed E-state index contributed by atoms with van der Waals surface area (Å²) in [5.74, 6) is -0.587. The van der Waals surface area contributed by atoms with Crippen molar-refractivity contribution in [3.8, 4) is 0 Å². The molecule has 2 N–H and O–H groups in total. The van der Waals surface area contributed by atoms with Gasteiger partial charge in [-0.25, -0.2) is 18.6 Å². The summed E-state index contributed by atoms with van der Waals surface area (Å²) < 4.78 is 30.4. The Labute approximate surface area is 111 Å². The van der Waals surface area contributed by atoms with Crippen LogP contribution in [0.5, 0.6) is 0 Å². The molecular formula is C11H16N2O5S. The van der Waals surface area contributed by atoms with Gasteiger partial charge in [-0.1, -0.05) is 18.2 Å². The van der Waals surface area contributed by atoms with Crippen molar-refractivity contribution in [2.45, 2.75) is 4.90 Å². The molecule has 0 atom stereocenters. The van der Waals surface area contributed by atoms with Gasteiger partial charge >= 0.3 is 0 Å². The molecule has 0 aliphatic rings. The predicted octanol–water partition coefficient (Wildman–Crippen LogP) is -0.341. The zero-order chi connectivity index (χ0) is 14.1. The SMILES string of the molecule is COCCONC(=O)CNS(=O)(=O)c1ccccc1. The molecule has 0 heterocycles. The molecule has 0 aromatic heterocycles. The van der Waals surface area contributed by atoms with Crippen molar-refractivity contribution < 1.29 is 22.8 Å². The molecule has 0 aliphatic heterocycles. The van der Waals surface area contributed by atoms with Crippen LogP contribution in [-0.4, -0.2) is 41.2 Å². The minimum Gasteiger partial charge on any atom is -0.382 e. The summed E-state index contributed by atoms with van der Waals surface area (Å²) in [6.07, 6.45) is 0. The van der Waals surface area contributed by atoms with E-state index >= 15 is 0 Å². The van der Waals surface area contributed by atoms with E-state index < -0.39 is 22.5 Å². The molecule has 0 fully saturated rings. The van der Waals surface area contributed by atoms with Gasteiger partial charge < -0.3 is 4.74 Å². The van der Waals surface area contributed by atoms with Gasteiger partial charge in [0.15, 0.2) is 0 Å². The number of carbonyl (C=O) groups excluding carboxylic acids is 1. The smallest absolute Gasteiger partial charge is 0.258 e. The summed E-state index contributed by atoms with van der Waals surface area (Å²) >= 11 is 0. The van der Waals surface area contributed by atoms with Crippen LogP contribution in [-0.2, 0) is 24.4 Å². The molecule has 106 valence electrons. The molecule has 1 aromatic carbocycles. The number of rotatable bonds is 8. The molecule has 0 spiro atoms. The van der Waals surface area contributed by atoms with E-state index in [2.05, 4.69) is 10.2 Å². The first-order valence-corrected chi connectivity index (χ1v) is 6.99. The Balaban J connectivity index is 2.37. The highest BCUT2D eigenvalue weighted by Crippen LogP contribution is 2.06. The maximum absolute atomic E-state index is 11.8. The lowest BCUT2D eigenvalue weighted by Crippen LogP contribution is -2.37. The van der Waals surface area contributed by atoms with Crippen LogP contribution in [0.4, 0.5) is 0 Å². The number of hydroxylamine groups is 1. The number of ether oxygens (including phenoxy) is 1. The van der Waals surface area contributed by atoms with Crippen LogP contribution >= 0.6 is 0 Å². The van der Waals surface area contributed by atoms with Gasteiger partial charge in [0.25, 0.3) is 5.91 Å². The monoisotopic (exact) mass is 288 g/mol. The van der Waals surface area contributed by atoms with Gasteiger partial charge in [0, 0.05) is 7.11 Å². The fourth-order valence-electron chi connectivity index (χ4n) is 1.14. The third kappa shape index (κ3) is 5.79. The summed E-state index contributed by atoms with van der Waals surface area (Å²) in [6.45, 7) is 0.119. The van der Waals surface area contributed by atoms with E-state index in [9.17, 15) is 13.2 Å². The van der Waals surface area contributed by atoms with E-state index in [4.69, 9.17) is 9.57 Å². The fourth-order valence-corrected chi connectivity index (χ4v) is 2.14. The second-order valence-corrected chi connectivity index (χ2v) is 5.27. The largest absolute Gasteiger partial charge is 0.382 e. The van der Waals surface area contributed by atoms with Crippen molar-refractivity contribution in [1.29, 1.82) is 0 Å². The molecule has 0 bridgehead atoms. The van der Waals surface area contributed by atoms with Crippen LogP contribution in [0.25, 0.3) is 0 Å². The first kappa shape index (κ1) is 15.6. The van der Waals surface area contributed by atoms with Crippen molar-refractivity contribution in [1.82, 2.24) is 10.2 Å².